The second-order valence-electron chi connectivity index (χ2n) is 3.46. The van der Waals surface area contributed by atoms with E-state index in [1.54, 1.807) is 11.8 Å². The Balaban J connectivity index is 2.69. The number of hydrogen-bond acceptors (Lipinski definition) is 4. The summed E-state index contributed by atoms with van der Waals surface area (Å²) in [6.45, 7) is 2.52. The van der Waals surface area contributed by atoms with E-state index in [2.05, 4.69) is 5.32 Å². The molecule has 0 aliphatic rings. The predicted molar refractivity (Wildman–Crippen MR) is 65.1 cm³/mol. The number of aromatic hydroxyl groups is 2. The van der Waals surface area contributed by atoms with Gasteiger partial charge >= 0.3 is 0 Å². The molecule has 1 atom stereocenters. The molecular formula is C11H15NO3S. The van der Waals surface area contributed by atoms with Crippen molar-refractivity contribution >= 4 is 17.7 Å². The molecule has 0 aliphatic heterocycles. The second-order valence-corrected chi connectivity index (χ2v) is 4.73. The minimum atomic E-state index is -0.380. The maximum Gasteiger partial charge on any atom is 0.255 e. The van der Waals surface area contributed by atoms with Crippen LogP contribution in [0.1, 0.15) is 17.3 Å². The molecule has 88 valence electrons. The Hall–Kier alpha value is -1.36. The van der Waals surface area contributed by atoms with Crippen molar-refractivity contribution in [3.05, 3.63) is 23.8 Å². The largest absolute Gasteiger partial charge is 0.508 e. The van der Waals surface area contributed by atoms with Gasteiger partial charge in [0.05, 0.1) is 5.56 Å². The van der Waals surface area contributed by atoms with Crippen molar-refractivity contribution in [3.63, 3.8) is 0 Å². The second kappa shape index (κ2) is 5.65. The minimum Gasteiger partial charge on any atom is -0.508 e. The molecule has 16 heavy (non-hydrogen) atoms. The number of phenolic OH excluding ortho intramolecular Hbond substituents is 2. The molecule has 1 aromatic rings. The lowest BCUT2D eigenvalue weighted by molar-refractivity contribution is 0.0951. The van der Waals surface area contributed by atoms with Gasteiger partial charge in [-0.15, -0.1) is 0 Å². The van der Waals surface area contributed by atoms with Gasteiger partial charge in [0, 0.05) is 11.8 Å². The molecule has 0 heterocycles. The molecule has 0 bridgehead atoms. The van der Waals surface area contributed by atoms with Gasteiger partial charge in [0.2, 0.25) is 0 Å². The van der Waals surface area contributed by atoms with Crippen molar-refractivity contribution in [2.24, 2.45) is 0 Å². The van der Waals surface area contributed by atoms with E-state index in [1.807, 2.05) is 13.2 Å². The lowest BCUT2D eigenvalue weighted by Crippen LogP contribution is -2.29. The molecule has 1 aromatic carbocycles. The first-order valence-electron chi connectivity index (χ1n) is 4.87. The maximum atomic E-state index is 11.6. The minimum absolute atomic E-state index is 0.0409. The molecule has 3 N–H and O–H groups in total. The number of nitrogens with one attached hydrogen (secondary N) is 1. The topological polar surface area (TPSA) is 69.6 Å². The van der Waals surface area contributed by atoms with Crippen LogP contribution in [0.4, 0.5) is 0 Å². The van der Waals surface area contributed by atoms with Gasteiger partial charge in [-0.3, -0.25) is 4.79 Å². The van der Waals surface area contributed by atoms with Gasteiger partial charge in [-0.2, -0.15) is 11.8 Å². The first-order chi connectivity index (χ1) is 7.54. The molecule has 0 saturated carbocycles. The normalized spacial score (nSPS) is 12.1. The van der Waals surface area contributed by atoms with Crippen LogP contribution in [0, 0.1) is 0 Å². The van der Waals surface area contributed by atoms with Crippen LogP contribution in [-0.4, -0.2) is 34.2 Å². The first-order valence-corrected chi connectivity index (χ1v) is 6.16. The molecule has 1 amide bonds. The van der Waals surface area contributed by atoms with Crippen LogP contribution in [0.25, 0.3) is 0 Å². The summed E-state index contributed by atoms with van der Waals surface area (Å²) < 4.78 is 0. The van der Waals surface area contributed by atoms with E-state index in [4.69, 9.17) is 0 Å². The van der Waals surface area contributed by atoms with Crippen molar-refractivity contribution in [2.45, 2.75) is 12.2 Å². The molecule has 4 nitrogen and oxygen atoms in total. The van der Waals surface area contributed by atoms with E-state index >= 15 is 0 Å². The molecule has 1 unspecified atom stereocenters. The molecule has 0 spiro atoms. The summed E-state index contributed by atoms with van der Waals surface area (Å²) in [5, 5.41) is 21.7. The predicted octanol–water partition coefficient (Wildman–Crippen LogP) is 1.58. The lowest BCUT2D eigenvalue weighted by atomic mass is 10.1. The molecule has 0 saturated heterocycles. The Morgan fingerprint density at radius 3 is 2.81 bits per heavy atom. The average Bonchev–Trinajstić information content (AvgIpc) is 2.28. The molecule has 0 aliphatic carbocycles. The highest BCUT2D eigenvalue weighted by Crippen LogP contribution is 2.21. The Labute approximate surface area is 98.7 Å². The van der Waals surface area contributed by atoms with Crippen LogP contribution in [0.2, 0.25) is 0 Å². The number of hydrogen-bond donors (Lipinski definition) is 3. The van der Waals surface area contributed by atoms with E-state index in [0.717, 1.165) is 0 Å². The van der Waals surface area contributed by atoms with Crippen LogP contribution >= 0.6 is 11.8 Å². The van der Waals surface area contributed by atoms with Crippen LogP contribution in [0.5, 0.6) is 11.5 Å². The van der Waals surface area contributed by atoms with E-state index in [1.165, 1.54) is 18.2 Å². The number of benzene rings is 1. The van der Waals surface area contributed by atoms with Gasteiger partial charge in [-0.1, -0.05) is 6.92 Å². The van der Waals surface area contributed by atoms with E-state index in [0.29, 0.717) is 11.8 Å². The van der Waals surface area contributed by atoms with E-state index in [-0.39, 0.29) is 23.0 Å². The van der Waals surface area contributed by atoms with Gasteiger partial charge in [0.1, 0.15) is 11.5 Å². The van der Waals surface area contributed by atoms with Gasteiger partial charge in [0.25, 0.3) is 5.91 Å². The van der Waals surface area contributed by atoms with Crippen molar-refractivity contribution in [1.29, 1.82) is 0 Å². The van der Waals surface area contributed by atoms with Crippen molar-refractivity contribution in [1.82, 2.24) is 5.32 Å². The molecule has 0 aromatic heterocycles. The fourth-order valence-corrected chi connectivity index (χ4v) is 1.37. The zero-order valence-electron chi connectivity index (χ0n) is 9.23. The van der Waals surface area contributed by atoms with Crippen molar-refractivity contribution in [3.8, 4) is 11.5 Å². The monoisotopic (exact) mass is 241 g/mol. The third kappa shape index (κ3) is 3.34. The smallest absolute Gasteiger partial charge is 0.255 e. The fraction of sp³-hybridized carbons (Fsp3) is 0.364. The summed E-state index contributed by atoms with van der Waals surface area (Å²) in [5.74, 6) is -0.553. The molecule has 5 heteroatoms. The highest BCUT2D eigenvalue weighted by molar-refractivity contribution is 7.99. The lowest BCUT2D eigenvalue weighted by Gasteiger charge is -2.10. The molecule has 0 fully saturated rings. The summed E-state index contributed by atoms with van der Waals surface area (Å²) in [6, 6.07) is 3.87. The Morgan fingerprint density at radius 1 is 1.50 bits per heavy atom. The summed E-state index contributed by atoms with van der Waals surface area (Å²) >= 11 is 1.64. The number of rotatable bonds is 4. The standard InChI is InChI=1S/C11H15NO3S/c1-7(16-2)6-12-11(15)9-5-8(13)3-4-10(9)14/h3-5,7,13-14H,6H2,1-2H3,(H,12,15). The number of phenols is 2. The fourth-order valence-electron chi connectivity index (χ4n) is 1.12. The van der Waals surface area contributed by atoms with E-state index in [9.17, 15) is 15.0 Å². The number of carbonyl (C=O) groups is 1. The third-order valence-corrected chi connectivity index (χ3v) is 3.15. The molecule has 1 rings (SSSR count). The van der Waals surface area contributed by atoms with Gasteiger partial charge < -0.3 is 15.5 Å². The Kier molecular flexibility index (Phi) is 4.49. The van der Waals surface area contributed by atoms with Crippen LogP contribution < -0.4 is 5.32 Å². The zero-order valence-corrected chi connectivity index (χ0v) is 10.0. The Morgan fingerprint density at radius 2 is 2.19 bits per heavy atom. The number of thioether (sulfide) groups is 1. The number of carbonyl (C=O) groups excluding carboxylic acids is 1. The van der Waals surface area contributed by atoms with Crippen LogP contribution in [0.15, 0.2) is 18.2 Å². The quantitative estimate of drug-likeness (QED) is 0.700. The van der Waals surface area contributed by atoms with Gasteiger partial charge in [-0.25, -0.2) is 0 Å². The maximum absolute atomic E-state index is 11.6. The van der Waals surface area contributed by atoms with Crippen molar-refractivity contribution < 1.29 is 15.0 Å². The highest BCUT2D eigenvalue weighted by Gasteiger charge is 2.12. The van der Waals surface area contributed by atoms with Crippen LogP contribution in [0.3, 0.4) is 0 Å². The zero-order chi connectivity index (χ0) is 12.1. The highest BCUT2D eigenvalue weighted by atomic mass is 32.2. The van der Waals surface area contributed by atoms with E-state index < -0.39 is 0 Å². The summed E-state index contributed by atoms with van der Waals surface area (Å²) in [4.78, 5) is 11.6. The third-order valence-electron chi connectivity index (χ3n) is 2.18. The summed E-state index contributed by atoms with van der Waals surface area (Å²) in [5.41, 5.74) is 0.0910. The molecular weight excluding hydrogens is 226 g/mol. The van der Waals surface area contributed by atoms with Gasteiger partial charge in [-0.05, 0) is 24.5 Å². The van der Waals surface area contributed by atoms with Crippen LogP contribution in [-0.2, 0) is 0 Å². The number of amides is 1. The summed E-state index contributed by atoms with van der Waals surface area (Å²) in [7, 11) is 0. The van der Waals surface area contributed by atoms with Crippen molar-refractivity contribution in [2.75, 3.05) is 12.8 Å². The Bertz CT molecular complexity index is 381. The average molecular weight is 241 g/mol. The SMILES string of the molecule is CSC(C)CNC(=O)c1cc(O)ccc1O. The first kappa shape index (κ1) is 12.7. The summed E-state index contributed by atoms with van der Waals surface area (Å²) in [6.07, 6.45) is 1.96. The van der Waals surface area contributed by atoms with Gasteiger partial charge in [0.15, 0.2) is 0 Å². The molecule has 0 radical (unpaired) electrons.